The van der Waals surface area contributed by atoms with Gasteiger partial charge in [-0.15, -0.1) is 0 Å². The summed E-state index contributed by atoms with van der Waals surface area (Å²) in [5.41, 5.74) is 12.5. The smallest absolute Gasteiger partial charge is 0.312 e. The highest BCUT2D eigenvalue weighted by Crippen LogP contribution is 2.41. The Bertz CT molecular complexity index is 3600. The van der Waals surface area contributed by atoms with E-state index in [1.54, 1.807) is 61.4 Å². The monoisotopic (exact) mass is 1180 g/mol. The third-order valence-electron chi connectivity index (χ3n) is 15.9. The van der Waals surface area contributed by atoms with Crippen molar-refractivity contribution in [1.82, 2.24) is 35.6 Å². The van der Waals surface area contributed by atoms with Gasteiger partial charge in [0.2, 0.25) is 17.7 Å². The van der Waals surface area contributed by atoms with E-state index in [2.05, 4.69) is 27.3 Å². The fraction of sp³-hybridized carbons (Fsp3) is 0.359. The zero-order valence-electron chi connectivity index (χ0n) is 48.8. The number of carbonyl (C=O) groups is 8. The lowest BCUT2D eigenvalue weighted by atomic mass is 9.93. The van der Waals surface area contributed by atoms with Crippen molar-refractivity contribution in [2.24, 2.45) is 21.6 Å². The Morgan fingerprint density at radius 2 is 1.23 bits per heavy atom. The number of methoxy groups -OCH3 is 2. The minimum absolute atomic E-state index is 0.0395. The number of imide groups is 1. The number of amides is 9. The molecule has 0 fully saturated rings. The second-order valence-electron chi connectivity index (χ2n) is 22.2. The quantitative estimate of drug-likeness (QED) is 0.0334. The highest BCUT2D eigenvalue weighted by atomic mass is 16.5. The van der Waals surface area contributed by atoms with Crippen molar-refractivity contribution in [1.29, 1.82) is 0 Å². The third-order valence-corrected chi connectivity index (χ3v) is 15.9. The molecule has 5 aliphatic rings. The molecule has 0 unspecified atom stereocenters. The molecule has 4 aromatic carbocycles. The number of aromatic nitrogens is 1. The minimum Gasteiger partial charge on any atom is -0.493 e. The number of urea groups is 1. The number of hydrogen-bond acceptors (Lipinski definition) is 15. The van der Waals surface area contributed by atoms with Crippen molar-refractivity contribution in [3.63, 3.8) is 0 Å². The normalized spacial score (nSPS) is 16.9. The molecule has 9 amide bonds. The van der Waals surface area contributed by atoms with E-state index in [1.807, 2.05) is 53.6 Å². The van der Waals surface area contributed by atoms with E-state index in [4.69, 9.17) is 39.6 Å². The van der Waals surface area contributed by atoms with Gasteiger partial charge in [0.1, 0.15) is 25.3 Å². The number of pyridine rings is 1. The second-order valence-corrected chi connectivity index (χ2v) is 22.2. The van der Waals surface area contributed by atoms with Gasteiger partial charge in [-0.25, -0.2) is 4.79 Å². The van der Waals surface area contributed by atoms with E-state index in [9.17, 15) is 38.4 Å². The van der Waals surface area contributed by atoms with Gasteiger partial charge >= 0.3 is 6.03 Å². The molecule has 4 atom stereocenters. The van der Waals surface area contributed by atoms with Gasteiger partial charge in [0, 0.05) is 75.0 Å². The topological polar surface area (TPSA) is 295 Å². The zero-order valence-corrected chi connectivity index (χ0v) is 48.8. The van der Waals surface area contributed by atoms with Crippen LogP contribution in [-0.4, -0.2) is 131 Å². The van der Waals surface area contributed by atoms with Gasteiger partial charge in [0.15, 0.2) is 23.0 Å². The van der Waals surface area contributed by atoms with E-state index in [0.29, 0.717) is 101 Å². The highest BCUT2D eigenvalue weighted by molar-refractivity contribution is 6.13. The van der Waals surface area contributed by atoms with Gasteiger partial charge < -0.3 is 55.7 Å². The van der Waals surface area contributed by atoms with E-state index in [1.165, 1.54) is 31.9 Å². The Morgan fingerprint density at radius 3 is 1.82 bits per heavy atom. The SMILES string of the molecule is COc1cc2c(cc1OCc1cccc(COc3cc4c(cc3OC)C(=O)N3Cc5cc(NC(=O)[C@H](CCCNC(N)=O)NC(=O)[C@@H](NC(=O)CCCCCN6C(=O)C=CC6=O)C(C)C)ccc5C[C@H]3C=N4)n1)N=C[C@@H]1Cc3ccccc3CN1C2=O. The highest BCUT2D eigenvalue weighted by Gasteiger charge is 2.36. The Balaban J connectivity index is 0.754. The van der Waals surface area contributed by atoms with Gasteiger partial charge in [-0.2, -0.15) is 0 Å². The number of aliphatic imine (C=N–C) groups is 2. The van der Waals surface area contributed by atoms with E-state index in [-0.39, 0.29) is 93.6 Å². The molecular weight excluding hydrogens is 1110 g/mol. The summed E-state index contributed by atoms with van der Waals surface area (Å²) in [6.45, 7) is 4.72. The van der Waals surface area contributed by atoms with Crippen LogP contribution in [0, 0.1) is 5.92 Å². The molecule has 5 aliphatic heterocycles. The average Bonchev–Trinajstić information content (AvgIpc) is 2.01. The van der Waals surface area contributed by atoms with Crippen LogP contribution in [0.1, 0.15) is 107 Å². The number of carbonyl (C=O) groups excluding carboxylic acids is 8. The van der Waals surface area contributed by atoms with Crippen LogP contribution in [0.4, 0.5) is 21.9 Å². The summed E-state index contributed by atoms with van der Waals surface area (Å²) in [6.07, 6.45) is 9.20. The third kappa shape index (κ3) is 14.1. The number of benzene rings is 4. The lowest BCUT2D eigenvalue weighted by Crippen LogP contribution is -2.54. The summed E-state index contributed by atoms with van der Waals surface area (Å²) in [5.74, 6) is -1.53. The van der Waals surface area contributed by atoms with Crippen molar-refractivity contribution < 1.29 is 57.3 Å². The van der Waals surface area contributed by atoms with E-state index < -0.39 is 36.0 Å². The standard InChI is InChI=1S/C64H69N11O12/c1-37(2)59(72-56(76)17-6-5-9-23-73-57(77)20-21-58(73)78)61(80)71-49(16-11-22-66-64(65)83)60(79)70-42-19-18-39-26-46-32-68-51-30-55(53(85-4)28-48(51)63(82)75(46)34-41(39)24-42)87-36-44-15-10-14-43(69-44)35-86-54-29-50-47(27-52(54)84-3)62(81)74-33-40-13-8-7-12-38(40)25-45(74)31-67-50/h7-8,10,12-15,18-21,24,27-32,37,45-46,49,59H,5-6,9,11,16-17,22-23,25-26,33-36H2,1-4H3,(H,70,79)(H,71,80)(H,72,76)(H3,65,66,83)/t45-,46-,49-,59-/m0/s1. The second kappa shape index (κ2) is 27.0. The Hall–Kier alpha value is -9.93. The molecule has 0 saturated carbocycles. The number of primary amides is 1. The lowest BCUT2D eigenvalue weighted by molar-refractivity contribution is -0.137. The van der Waals surface area contributed by atoms with Crippen molar-refractivity contribution in [3.8, 4) is 23.0 Å². The number of rotatable bonds is 24. The molecule has 0 radical (unpaired) electrons. The van der Waals surface area contributed by atoms with Crippen molar-refractivity contribution in [2.75, 3.05) is 32.6 Å². The Kier molecular flexibility index (Phi) is 18.7. The van der Waals surface area contributed by atoms with Gasteiger partial charge in [0.25, 0.3) is 23.6 Å². The lowest BCUT2D eigenvalue weighted by Gasteiger charge is -2.34. The molecule has 6 heterocycles. The molecule has 5 aromatic rings. The fourth-order valence-electron chi connectivity index (χ4n) is 11.2. The molecule has 0 aliphatic carbocycles. The van der Waals surface area contributed by atoms with Crippen LogP contribution >= 0.6 is 0 Å². The summed E-state index contributed by atoms with van der Waals surface area (Å²) in [5, 5.41) is 11.0. The zero-order chi connectivity index (χ0) is 61.3. The predicted octanol–water partition coefficient (Wildman–Crippen LogP) is 6.32. The van der Waals surface area contributed by atoms with Crippen molar-refractivity contribution in [2.45, 2.75) is 116 Å². The van der Waals surface area contributed by atoms with Crippen LogP contribution in [0.25, 0.3) is 0 Å². The van der Waals surface area contributed by atoms with Crippen LogP contribution in [0.5, 0.6) is 23.0 Å². The van der Waals surface area contributed by atoms with E-state index in [0.717, 1.165) is 21.6 Å². The largest absolute Gasteiger partial charge is 0.493 e. The molecule has 1 aromatic heterocycles. The summed E-state index contributed by atoms with van der Waals surface area (Å²) < 4.78 is 24.1. The maximum atomic E-state index is 14.5. The molecule has 23 heteroatoms. The average molecular weight is 1180 g/mol. The van der Waals surface area contributed by atoms with Gasteiger partial charge in [-0.05, 0) is 103 Å². The van der Waals surface area contributed by atoms with Gasteiger partial charge in [0.05, 0.1) is 60.2 Å². The molecule has 10 rings (SSSR count). The van der Waals surface area contributed by atoms with Gasteiger partial charge in [-0.3, -0.25) is 53.4 Å². The summed E-state index contributed by atoms with van der Waals surface area (Å²) in [6, 6.07) is 22.3. The number of hydrogen-bond donors (Lipinski definition) is 5. The first-order valence-corrected chi connectivity index (χ1v) is 29.0. The summed E-state index contributed by atoms with van der Waals surface area (Å²) in [4.78, 5) is 124. The first-order valence-electron chi connectivity index (χ1n) is 29.0. The van der Waals surface area contributed by atoms with Crippen LogP contribution in [0.15, 0.2) is 107 Å². The fourth-order valence-corrected chi connectivity index (χ4v) is 11.2. The van der Waals surface area contributed by atoms with Crippen molar-refractivity contribution >= 4 is 76.9 Å². The summed E-state index contributed by atoms with van der Waals surface area (Å²) >= 11 is 0. The number of nitrogens with two attached hydrogens (primary N) is 1. The molecule has 87 heavy (non-hydrogen) atoms. The number of unbranched alkanes of at least 4 members (excludes halogenated alkanes) is 2. The number of ether oxygens (including phenoxy) is 4. The number of nitrogens with zero attached hydrogens (tertiary/aromatic N) is 6. The van der Waals surface area contributed by atoms with Crippen LogP contribution in [0.2, 0.25) is 0 Å². The Morgan fingerprint density at radius 1 is 0.644 bits per heavy atom. The molecule has 6 N–H and O–H groups in total. The number of fused-ring (bicyclic) bond motifs is 6. The first-order chi connectivity index (χ1) is 42.0. The molecule has 452 valence electrons. The molecule has 0 spiro atoms. The van der Waals surface area contributed by atoms with Crippen molar-refractivity contribution in [3.05, 3.63) is 142 Å². The van der Waals surface area contributed by atoms with Crippen LogP contribution in [0.3, 0.4) is 0 Å². The molecule has 0 bridgehead atoms. The maximum absolute atomic E-state index is 14.5. The summed E-state index contributed by atoms with van der Waals surface area (Å²) in [7, 11) is 3.01. The predicted molar refractivity (Wildman–Crippen MR) is 321 cm³/mol. The van der Waals surface area contributed by atoms with E-state index >= 15 is 0 Å². The van der Waals surface area contributed by atoms with Gasteiger partial charge in [-0.1, -0.05) is 56.7 Å². The first kappa shape index (κ1) is 60.2. The van der Waals surface area contributed by atoms with Crippen LogP contribution in [-0.2, 0) is 63.1 Å². The number of nitrogens with one attached hydrogen (secondary N) is 4. The molecular formula is C64H69N11O12. The Labute approximate surface area is 502 Å². The minimum atomic E-state index is -1.09. The maximum Gasteiger partial charge on any atom is 0.312 e. The molecule has 0 saturated heterocycles. The number of anilines is 1. The molecule has 23 nitrogen and oxygen atoms in total. The van der Waals surface area contributed by atoms with Crippen LogP contribution < -0.4 is 45.9 Å².